The Morgan fingerprint density at radius 1 is 0.533 bits per heavy atom. The molecule has 0 aromatic carbocycles. The van der Waals surface area contributed by atoms with E-state index in [1.807, 2.05) is 0 Å². The van der Waals surface area contributed by atoms with Gasteiger partial charge in [-0.05, 0) is 19.3 Å². The molecule has 1 saturated heterocycles. The number of ether oxygens (including phenoxy) is 1. The predicted octanol–water partition coefficient (Wildman–Crippen LogP) is 12.5. The summed E-state index contributed by atoms with van der Waals surface area (Å²) in [6.45, 7) is 5.25. The molecule has 1 fully saturated rings. The zero-order valence-electron chi connectivity index (χ0n) is 29.9. The Balaban J connectivity index is 1.93. The van der Waals surface area contributed by atoms with Crippen molar-refractivity contribution in [1.82, 2.24) is 0 Å². The highest BCUT2D eigenvalue weighted by Gasteiger charge is 2.32. The molecule has 6 nitrogen and oxygen atoms in total. The van der Waals surface area contributed by atoms with Crippen molar-refractivity contribution < 1.29 is 29.1 Å². The van der Waals surface area contributed by atoms with Crippen LogP contribution in [0.4, 0.5) is 0 Å². The van der Waals surface area contributed by atoms with Crippen molar-refractivity contribution in [3.8, 4) is 0 Å². The highest BCUT2D eigenvalue weighted by molar-refractivity contribution is 5.72. The fraction of sp³-hybridized carbons (Fsp3) is 0.949. The van der Waals surface area contributed by atoms with Crippen molar-refractivity contribution in [3.63, 3.8) is 0 Å². The molecule has 0 bridgehead atoms. The largest absolute Gasteiger partial charge is 0.373 e. The normalized spacial score (nSPS) is 14.8. The van der Waals surface area contributed by atoms with Crippen LogP contribution < -0.4 is 0 Å². The van der Waals surface area contributed by atoms with Crippen molar-refractivity contribution >= 4 is 11.9 Å². The maximum absolute atomic E-state index is 12.6. The third kappa shape index (κ3) is 30.0. The molecule has 45 heavy (non-hydrogen) atoms. The molecule has 6 heteroatoms. The first-order valence-corrected chi connectivity index (χ1v) is 19.9. The van der Waals surface area contributed by atoms with Crippen LogP contribution in [0.2, 0.25) is 0 Å². The van der Waals surface area contributed by atoms with Crippen molar-refractivity contribution in [3.05, 3.63) is 0 Å². The maximum Gasteiger partial charge on any atom is 0.349 e. The van der Waals surface area contributed by atoms with Crippen molar-refractivity contribution in [2.24, 2.45) is 5.92 Å². The molecule has 1 heterocycles. The summed E-state index contributed by atoms with van der Waals surface area (Å²) in [7, 11) is 0. The topological polar surface area (TPSA) is 74.4 Å². The summed E-state index contributed by atoms with van der Waals surface area (Å²) < 4.78 is 5.34. The number of epoxide rings is 1. The molecular formula is C39H74O6. The second-order valence-electron chi connectivity index (χ2n) is 13.9. The monoisotopic (exact) mass is 639 g/mol. The number of hydrogen-bond donors (Lipinski definition) is 0. The minimum Gasteiger partial charge on any atom is -0.373 e. The average Bonchev–Trinajstić information content (AvgIpc) is 3.86. The molecule has 0 aromatic heterocycles. The quantitative estimate of drug-likeness (QED) is 0.0294. The van der Waals surface area contributed by atoms with Gasteiger partial charge in [0.15, 0.2) is 0 Å². The van der Waals surface area contributed by atoms with Crippen molar-refractivity contribution in [1.29, 1.82) is 0 Å². The fourth-order valence-electron chi connectivity index (χ4n) is 6.28. The third-order valence-electron chi connectivity index (χ3n) is 9.42. The first-order valence-electron chi connectivity index (χ1n) is 19.9. The minimum absolute atomic E-state index is 0.141. The Labute approximate surface area is 278 Å². The standard InChI is InChI=1S/C39H74O6/c1-3-5-7-9-11-13-15-17-19-21-23-25-27-29-31-33-38(40)43-45-44-39(41)36(34-37-35-42-37)32-30-28-26-24-22-20-18-16-14-12-10-8-6-4-2/h36-37H,3-35H2,1-2H3. The molecule has 0 N–H and O–H groups in total. The average molecular weight is 639 g/mol. The van der Waals surface area contributed by atoms with E-state index in [-0.39, 0.29) is 18.4 Å². The van der Waals surface area contributed by atoms with E-state index >= 15 is 0 Å². The van der Waals surface area contributed by atoms with E-state index in [1.54, 1.807) is 0 Å². The number of unbranched alkanes of at least 4 members (excludes halogenated alkanes) is 27. The summed E-state index contributed by atoms with van der Waals surface area (Å²) in [6.07, 6.45) is 39.4. The number of carbonyl (C=O) groups excluding carboxylic acids is 2. The van der Waals surface area contributed by atoms with Gasteiger partial charge in [0.2, 0.25) is 0 Å². The highest BCUT2D eigenvalue weighted by Crippen LogP contribution is 2.25. The zero-order chi connectivity index (χ0) is 32.5. The molecule has 0 amide bonds. The smallest absolute Gasteiger partial charge is 0.349 e. The van der Waals surface area contributed by atoms with Gasteiger partial charge in [-0.25, -0.2) is 9.59 Å². The number of carbonyl (C=O) groups is 2. The molecule has 0 saturated carbocycles. The summed E-state index contributed by atoms with van der Waals surface area (Å²) in [5, 5.41) is 4.60. The van der Waals surface area contributed by atoms with Crippen LogP contribution in [-0.2, 0) is 29.1 Å². The van der Waals surface area contributed by atoms with Crippen LogP contribution in [0.25, 0.3) is 0 Å². The molecule has 1 aliphatic rings. The van der Waals surface area contributed by atoms with Crippen LogP contribution in [-0.4, -0.2) is 24.6 Å². The summed E-state index contributed by atoms with van der Waals surface area (Å²) in [5.41, 5.74) is 0. The lowest BCUT2D eigenvalue weighted by molar-refractivity contribution is -0.460. The van der Waals surface area contributed by atoms with E-state index < -0.39 is 11.9 Å². The molecule has 1 aliphatic heterocycles. The lowest BCUT2D eigenvalue weighted by Gasteiger charge is -2.13. The first kappa shape index (κ1) is 41.9. The van der Waals surface area contributed by atoms with Gasteiger partial charge in [0.1, 0.15) is 0 Å². The second-order valence-corrected chi connectivity index (χ2v) is 13.9. The van der Waals surface area contributed by atoms with Gasteiger partial charge in [0.05, 0.1) is 18.6 Å². The molecule has 0 aliphatic carbocycles. The number of rotatable bonds is 36. The number of hydrogen-bond acceptors (Lipinski definition) is 6. The third-order valence-corrected chi connectivity index (χ3v) is 9.42. The Kier molecular flexibility index (Phi) is 30.5. The molecule has 2 atom stereocenters. The summed E-state index contributed by atoms with van der Waals surface area (Å²) in [5.74, 6) is -1.21. The molecule has 0 radical (unpaired) electrons. The molecule has 1 rings (SSSR count). The van der Waals surface area contributed by atoms with E-state index in [4.69, 9.17) is 14.5 Å². The lowest BCUT2D eigenvalue weighted by Crippen LogP contribution is -2.21. The molecular weight excluding hydrogens is 564 g/mol. The molecule has 266 valence electrons. The summed E-state index contributed by atoms with van der Waals surface area (Å²) >= 11 is 0. The van der Waals surface area contributed by atoms with E-state index in [1.165, 1.54) is 154 Å². The van der Waals surface area contributed by atoms with Gasteiger partial charge in [-0.3, -0.25) is 9.78 Å². The van der Waals surface area contributed by atoms with Crippen LogP contribution >= 0.6 is 0 Å². The van der Waals surface area contributed by atoms with Crippen LogP contribution in [0.3, 0.4) is 0 Å². The Hall–Kier alpha value is -1.14. The second kappa shape index (κ2) is 32.8. The van der Waals surface area contributed by atoms with Crippen molar-refractivity contribution in [2.75, 3.05) is 6.61 Å². The predicted molar refractivity (Wildman–Crippen MR) is 186 cm³/mol. The first-order chi connectivity index (χ1) is 22.2. The van der Waals surface area contributed by atoms with Crippen LogP contribution in [0.15, 0.2) is 0 Å². The lowest BCUT2D eigenvalue weighted by atomic mass is 9.96. The van der Waals surface area contributed by atoms with Crippen LogP contribution in [0.1, 0.15) is 219 Å². The molecule has 0 spiro atoms. The van der Waals surface area contributed by atoms with Crippen molar-refractivity contribution in [2.45, 2.75) is 225 Å². The maximum atomic E-state index is 12.6. The zero-order valence-corrected chi connectivity index (χ0v) is 29.9. The van der Waals surface area contributed by atoms with Gasteiger partial charge in [-0.1, -0.05) is 194 Å². The van der Waals surface area contributed by atoms with E-state index in [9.17, 15) is 9.59 Å². The Bertz CT molecular complexity index is 649. The minimum atomic E-state index is -0.480. The van der Waals surface area contributed by atoms with Crippen LogP contribution in [0.5, 0.6) is 0 Å². The van der Waals surface area contributed by atoms with Gasteiger partial charge >= 0.3 is 11.9 Å². The van der Waals surface area contributed by atoms with Crippen LogP contribution in [0, 0.1) is 5.92 Å². The molecule has 2 unspecified atom stereocenters. The van der Waals surface area contributed by atoms with Gasteiger partial charge in [0.25, 0.3) is 0 Å². The molecule has 0 aromatic rings. The van der Waals surface area contributed by atoms with E-state index in [0.29, 0.717) is 13.0 Å². The fourth-order valence-corrected chi connectivity index (χ4v) is 6.28. The van der Waals surface area contributed by atoms with E-state index in [0.717, 1.165) is 38.5 Å². The van der Waals surface area contributed by atoms with Gasteiger partial charge in [-0.15, -0.1) is 0 Å². The Morgan fingerprint density at radius 2 is 0.889 bits per heavy atom. The van der Waals surface area contributed by atoms with Gasteiger partial charge < -0.3 is 4.74 Å². The summed E-state index contributed by atoms with van der Waals surface area (Å²) in [4.78, 5) is 34.1. The van der Waals surface area contributed by atoms with Gasteiger partial charge in [0, 0.05) is 11.5 Å². The Morgan fingerprint density at radius 3 is 1.27 bits per heavy atom. The summed E-state index contributed by atoms with van der Waals surface area (Å²) in [6, 6.07) is 0. The van der Waals surface area contributed by atoms with Gasteiger partial charge in [-0.2, -0.15) is 0 Å². The SMILES string of the molecule is CCCCCCCCCCCCCCCCCC(=O)OOOC(=O)C(CCCCCCCCCCCCCCCC)CC1CO1. The van der Waals surface area contributed by atoms with E-state index in [2.05, 4.69) is 18.9 Å². The highest BCUT2D eigenvalue weighted by atomic mass is 17.5.